The summed E-state index contributed by atoms with van der Waals surface area (Å²) in [5, 5.41) is 0. The molecule has 0 bridgehead atoms. The fourth-order valence-corrected chi connectivity index (χ4v) is 7.59. The Hall–Kier alpha value is -1.34. The van der Waals surface area contributed by atoms with Crippen LogP contribution in [-0.2, 0) is 43.2 Å². The molecule has 0 radical (unpaired) electrons. The van der Waals surface area contributed by atoms with E-state index in [1.165, 1.54) is 6.42 Å². The van der Waals surface area contributed by atoms with Gasteiger partial charge in [0.25, 0.3) is 0 Å². The number of ether oxygens (including phenoxy) is 6. The number of hydrogen-bond donors (Lipinski definition) is 1. The summed E-state index contributed by atoms with van der Waals surface area (Å²) < 4.78 is 62.7. The third kappa shape index (κ3) is 14.6. The van der Waals surface area contributed by atoms with Gasteiger partial charge in [-0.25, -0.2) is 8.42 Å². The number of hydrogen-bond acceptors (Lipinski definition) is 9. The quantitative estimate of drug-likeness (QED) is 0.117. The summed E-state index contributed by atoms with van der Waals surface area (Å²) in [6.45, 7) is 4.45. The van der Waals surface area contributed by atoms with Crippen LogP contribution in [0.2, 0.25) is 0 Å². The minimum atomic E-state index is -3.53. The Balaban J connectivity index is 1.48. The third-order valence-corrected chi connectivity index (χ3v) is 10.1. The van der Waals surface area contributed by atoms with Crippen molar-refractivity contribution >= 4 is 15.9 Å². The van der Waals surface area contributed by atoms with E-state index < -0.39 is 15.9 Å². The van der Waals surface area contributed by atoms with Gasteiger partial charge < -0.3 is 28.4 Å². The van der Waals surface area contributed by atoms with Crippen molar-refractivity contribution in [3.05, 3.63) is 24.3 Å². The van der Waals surface area contributed by atoms with Crippen LogP contribution in [0, 0.1) is 11.8 Å². The molecule has 1 aliphatic carbocycles. The van der Waals surface area contributed by atoms with Crippen molar-refractivity contribution < 1.29 is 41.6 Å². The van der Waals surface area contributed by atoms with Gasteiger partial charge >= 0.3 is 0 Å². The molecule has 4 rings (SSSR count). The molecule has 1 N–H and O–H groups in total. The summed E-state index contributed by atoms with van der Waals surface area (Å²) in [6.07, 6.45) is 25.9. The molecular weight excluding hydrogens is 622 g/mol. The third-order valence-electron chi connectivity index (χ3n) is 9.55. The van der Waals surface area contributed by atoms with Crippen LogP contribution in [0.5, 0.6) is 0 Å². The van der Waals surface area contributed by atoms with Crippen LogP contribution >= 0.6 is 0 Å². The van der Waals surface area contributed by atoms with Gasteiger partial charge in [0.1, 0.15) is 0 Å². The Kier molecular flexibility index (Phi) is 17.2. The van der Waals surface area contributed by atoms with E-state index in [0.717, 1.165) is 116 Å². The molecule has 270 valence electrons. The molecule has 8 atom stereocenters. The molecule has 1 saturated carbocycles. The Morgan fingerprint density at radius 3 is 2.09 bits per heavy atom. The van der Waals surface area contributed by atoms with Gasteiger partial charge in [-0.15, -0.1) is 0 Å². The van der Waals surface area contributed by atoms with Crippen LogP contribution in [0.3, 0.4) is 0 Å². The maximum absolute atomic E-state index is 11.9. The normalized spacial score (nSPS) is 31.4. The van der Waals surface area contributed by atoms with E-state index in [2.05, 4.69) is 31.2 Å². The van der Waals surface area contributed by atoms with E-state index in [1.807, 2.05) is 4.72 Å². The first-order chi connectivity index (χ1) is 22.8. The fourth-order valence-electron chi connectivity index (χ4n) is 7.07. The lowest BCUT2D eigenvalue weighted by Crippen LogP contribution is -2.31. The zero-order valence-electron chi connectivity index (χ0n) is 28.9. The molecule has 10 nitrogen and oxygen atoms in total. The predicted molar refractivity (Wildman–Crippen MR) is 181 cm³/mol. The van der Waals surface area contributed by atoms with E-state index in [9.17, 15) is 13.2 Å². The number of carbonyl (C=O) groups excluding carboxylic acids is 1. The first-order valence-corrected chi connectivity index (χ1v) is 20.3. The summed E-state index contributed by atoms with van der Waals surface area (Å²) in [4.78, 5) is 11.9. The molecule has 4 aliphatic rings. The van der Waals surface area contributed by atoms with E-state index in [0.29, 0.717) is 12.8 Å². The van der Waals surface area contributed by atoms with Crippen molar-refractivity contribution in [3.63, 3.8) is 0 Å². The number of rotatable bonds is 19. The summed E-state index contributed by atoms with van der Waals surface area (Å²) in [5.41, 5.74) is 0. The Labute approximate surface area is 283 Å². The Morgan fingerprint density at radius 2 is 1.49 bits per heavy atom. The maximum atomic E-state index is 11.9. The van der Waals surface area contributed by atoms with Crippen LogP contribution in [0.25, 0.3) is 0 Å². The molecule has 3 unspecified atom stereocenters. The molecule has 3 saturated heterocycles. The van der Waals surface area contributed by atoms with Gasteiger partial charge in [0.2, 0.25) is 15.9 Å². The van der Waals surface area contributed by atoms with Crippen molar-refractivity contribution in [3.8, 4) is 0 Å². The van der Waals surface area contributed by atoms with Gasteiger partial charge in [0.05, 0.1) is 24.6 Å². The van der Waals surface area contributed by atoms with Gasteiger partial charge in [0.15, 0.2) is 18.9 Å². The molecule has 4 fully saturated rings. The molecule has 0 aromatic carbocycles. The summed E-state index contributed by atoms with van der Waals surface area (Å²) >= 11 is 0. The molecule has 0 aromatic rings. The van der Waals surface area contributed by atoms with Gasteiger partial charge in [-0.3, -0.25) is 9.52 Å². The average Bonchev–Trinajstić information content (AvgIpc) is 3.36. The first kappa shape index (κ1) is 38.5. The zero-order valence-corrected chi connectivity index (χ0v) is 29.7. The van der Waals surface area contributed by atoms with E-state index in [-0.39, 0.29) is 55.4 Å². The maximum Gasteiger partial charge on any atom is 0.233 e. The van der Waals surface area contributed by atoms with Crippen LogP contribution in [0.4, 0.5) is 0 Å². The monoisotopic (exact) mass is 683 g/mol. The first-order valence-electron chi connectivity index (χ1n) is 18.5. The number of nitrogens with one attached hydrogen (secondary N) is 1. The number of unbranched alkanes of at least 4 members (excludes halogenated alkanes) is 3. The SMILES string of the molecule is CCCCC[C@@H](C=C[C@@H]1[C@@H](CC=CCCCC(=O)NS(C)(=O)=O)[C@@H](OC2CCCCO2)C[C@H]1OC1CCCCO1)OC1CCCCO1. The molecule has 47 heavy (non-hydrogen) atoms. The molecule has 11 heteroatoms. The standard InChI is InChI=1S/C36H61NO9S/c1-3-4-7-16-28(44-34-19-10-13-24-41-34)22-23-30-29(17-8-5-6-9-18-33(38)37-47(2,39)40)31(45-35-20-11-14-25-42-35)27-32(30)46-36-21-12-15-26-43-36/h5,8,22-23,28-32,34-36H,3-4,6-7,9-21,24-27H2,1-2H3,(H,37,38)/t28-,29+,30+,31-,32+,34?,35?,36?/m0/s1. The minimum absolute atomic E-state index is 0.0212. The van der Waals surface area contributed by atoms with Crippen molar-refractivity contribution in [2.24, 2.45) is 11.8 Å². The lowest BCUT2D eigenvalue weighted by atomic mass is 9.89. The van der Waals surface area contributed by atoms with Crippen LogP contribution in [0.15, 0.2) is 24.3 Å². The van der Waals surface area contributed by atoms with Crippen LogP contribution in [-0.4, -0.2) is 77.6 Å². The largest absolute Gasteiger partial charge is 0.353 e. The van der Waals surface area contributed by atoms with E-state index >= 15 is 0 Å². The number of allylic oxidation sites excluding steroid dienone is 2. The summed E-state index contributed by atoms with van der Waals surface area (Å²) in [6, 6.07) is 0. The highest BCUT2D eigenvalue weighted by Gasteiger charge is 2.45. The van der Waals surface area contributed by atoms with Gasteiger partial charge in [-0.2, -0.15) is 0 Å². The highest BCUT2D eigenvalue weighted by Crippen LogP contribution is 2.42. The van der Waals surface area contributed by atoms with Gasteiger partial charge in [-0.05, 0) is 89.4 Å². The second kappa shape index (κ2) is 21.0. The second-order valence-corrected chi connectivity index (χ2v) is 15.4. The summed E-state index contributed by atoms with van der Waals surface area (Å²) in [7, 11) is -3.53. The minimum Gasteiger partial charge on any atom is -0.353 e. The van der Waals surface area contributed by atoms with Crippen LogP contribution in [0.1, 0.15) is 122 Å². The van der Waals surface area contributed by atoms with E-state index in [4.69, 9.17) is 28.4 Å². The Morgan fingerprint density at radius 1 is 0.851 bits per heavy atom. The van der Waals surface area contributed by atoms with Crippen molar-refractivity contribution in [1.82, 2.24) is 4.72 Å². The lowest BCUT2D eigenvalue weighted by Gasteiger charge is -2.30. The topological polar surface area (TPSA) is 119 Å². The summed E-state index contributed by atoms with van der Waals surface area (Å²) in [5.74, 6) is -0.205. The molecule has 0 spiro atoms. The van der Waals surface area contributed by atoms with Gasteiger partial charge in [0, 0.05) is 38.6 Å². The molecule has 1 amide bonds. The number of amides is 1. The predicted octanol–water partition coefficient (Wildman–Crippen LogP) is 6.69. The highest BCUT2D eigenvalue weighted by atomic mass is 32.2. The van der Waals surface area contributed by atoms with Crippen molar-refractivity contribution in [1.29, 1.82) is 0 Å². The van der Waals surface area contributed by atoms with E-state index in [1.54, 1.807) is 0 Å². The Bertz CT molecular complexity index is 1050. The smallest absolute Gasteiger partial charge is 0.233 e. The molecule has 3 aliphatic heterocycles. The molecule has 3 heterocycles. The fraction of sp³-hybridized carbons (Fsp3) is 0.861. The molecular formula is C36H61NO9S. The van der Waals surface area contributed by atoms with Gasteiger partial charge in [-0.1, -0.05) is 50.5 Å². The highest BCUT2D eigenvalue weighted by molar-refractivity contribution is 7.89. The lowest BCUT2D eigenvalue weighted by molar-refractivity contribution is -0.203. The molecule has 0 aromatic heterocycles. The number of carbonyl (C=O) groups is 1. The van der Waals surface area contributed by atoms with Crippen LogP contribution < -0.4 is 4.72 Å². The van der Waals surface area contributed by atoms with Crippen molar-refractivity contribution in [2.45, 2.75) is 160 Å². The number of sulfonamides is 1. The second-order valence-electron chi connectivity index (χ2n) is 13.7. The average molecular weight is 684 g/mol. The zero-order chi connectivity index (χ0) is 33.3. The van der Waals surface area contributed by atoms with Crippen molar-refractivity contribution in [2.75, 3.05) is 26.1 Å².